The quantitative estimate of drug-likeness (QED) is 0.547. The van der Waals surface area contributed by atoms with E-state index >= 15 is 0 Å². The third-order valence-electron chi connectivity index (χ3n) is 3.06. The molecule has 1 N–H and O–H groups in total. The van der Waals surface area contributed by atoms with Gasteiger partial charge in [-0.15, -0.1) is 0 Å². The highest BCUT2D eigenvalue weighted by molar-refractivity contribution is 9.11. The first-order chi connectivity index (χ1) is 9.56. The smallest absolute Gasteiger partial charge is 0.196 e. The van der Waals surface area contributed by atoms with Gasteiger partial charge in [-0.05, 0) is 52.3 Å². The number of H-pyrrole nitrogens is 1. The SMILES string of the molecule is O=C(c1ccc(Br)cc1Br)c1c[nH]c2ccc(Cl)cc12. The Morgan fingerprint density at radius 3 is 2.60 bits per heavy atom. The molecule has 0 atom stereocenters. The van der Waals surface area contributed by atoms with Gasteiger partial charge in [0, 0.05) is 42.2 Å². The Morgan fingerprint density at radius 1 is 1.05 bits per heavy atom. The summed E-state index contributed by atoms with van der Waals surface area (Å²) in [6.07, 6.45) is 1.72. The van der Waals surface area contributed by atoms with Gasteiger partial charge in [0.15, 0.2) is 5.78 Å². The van der Waals surface area contributed by atoms with Gasteiger partial charge >= 0.3 is 0 Å². The van der Waals surface area contributed by atoms with Gasteiger partial charge in [0.05, 0.1) is 0 Å². The molecule has 1 aromatic heterocycles. The summed E-state index contributed by atoms with van der Waals surface area (Å²) >= 11 is 12.8. The van der Waals surface area contributed by atoms with E-state index < -0.39 is 0 Å². The molecule has 2 nitrogen and oxygen atoms in total. The number of carbonyl (C=O) groups is 1. The third-order valence-corrected chi connectivity index (χ3v) is 4.45. The number of benzene rings is 2. The number of hydrogen-bond acceptors (Lipinski definition) is 1. The molecule has 100 valence electrons. The number of carbonyl (C=O) groups excluding carboxylic acids is 1. The number of aromatic amines is 1. The van der Waals surface area contributed by atoms with Crippen LogP contribution in [0, 0.1) is 0 Å². The maximum Gasteiger partial charge on any atom is 0.196 e. The maximum absolute atomic E-state index is 12.7. The molecule has 0 fully saturated rings. The molecule has 0 saturated carbocycles. The lowest BCUT2D eigenvalue weighted by Gasteiger charge is -2.04. The van der Waals surface area contributed by atoms with Crippen LogP contribution in [0.4, 0.5) is 0 Å². The van der Waals surface area contributed by atoms with E-state index in [1.165, 1.54) is 0 Å². The number of fused-ring (bicyclic) bond motifs is 1. The molecule has 3 rings (SSSR count). The molecular weight excluding hydrogens is 405 g/mol. The summed E-state index contributed by atoms with van der Waals surface area (Å²) in [5.41, 5.74) is 2.13. The normalized spacial score (nSPS) is 10.9. The van der Waals surface area contributed by atoms with Gasteiger partial charge in [-0.1, -0.05) is 27.5 Å². The summed E-state index contributed by atoms with van der Waals surface area (Å²) in [6, 6.07) is 11.0. The molecule has 0 aliphatic rings. The van der Waals surface area contributed by atoms with Crippen LogP contribution < -0.4 is 0 Å². The van der Waals surface area contributed by atoms with E-state index in [9.17, 15) is 4.79 Å². The molecule has 0 aliphatic heterocycles. The van der Waals surface area contributed by atoms with Crippen LogP contribution in [0.15, 0.2) is 51.5 Å². The van der Waals surface area contributed by atoms with E-state index in [0.29, 0.717) is 16.1 Å². The van der Waals surface area contributed by atoms with E-state index in [1.807, 2.05) is 18.2 Å². The minimum absolute atomic E-state index is 0.0436. The van der Waals surface area contributed by atoms with Gasteiger partial charge in [-0.2, -0.15) is 0 Å². The summed E-state index contributed by atoms with van der Waals surface area (Å²) in [4.78, 5) is 15.7. The fourth-order valence-corrected chi connectivity index (χ4v) is 3.50. The molecule has 0 unspecified atom stereocenters. The predicted molar refractivity (Wildman–Crippen MR) is 88.6 cm³/mol. The van der Waals surface area contributed by atoms with E-state index in [1.54, 1.807) is 24.4 Å². The second kappa shape index (κ2) is 5.35. The molecule has 1 heterocycles. The van der Waals surface area contributed by atoms with Crippen LogP contribution in [0.2, 0.25) is 5.02 Å². The molecule has 0 spiro atoms. The molecule has 0 radical (unpaired) electrons. The minimum atomic E-state index is -0.0436. The van der Waals surface area contributed by atoms with E-state index in [4.69, 9.17) is 11.6 Å². The molecule has 5 heteroatoms. The highest BCUT2D eigenvalue weighted by atomic mass is 79.9. The number of rotatable bonds is 2. The van der Waals surface area contributed by atoms with Crippen LogP contribution >= 0.6 is 43.5 Å². The fraction of sp³-hybridized carbons (Fsp3) is 0. The fourth-order valence-electron chi connectivity index (χ4n) is 2.10. The Balaban J connectivity index is 2.15. The van der Waals surface area contributed by atoms with Crippen molar-refractivity contribution < 1.29 is 4.79 Å². The first kappa shape index (κ1) is 13.9. The number of nitrogens with one attached hydrogen (secondary N) is 1. The first-order valence-electron chi connectivity index (χ1n) is 5.82. The summed E-state index contributed by atoms with van der Waals surface area (Å²) in [5.74, 6) is -0.0436. The zero-order valence-electron chi connectivity index (χ0n) is 10.1. The Labute approximate surface area is 137 Å². The van der Waals surface area contributed by atoms with Crippen molar-refractivity contribution in [2.45, 2.75) is 0 Å². The Kier molecular flexibility index (Phi) is 3.71. The zero-order chi connectivity index (χ0) is 14.3. The average Bonchev–Trinajstić information content (AvgIpc) is 2.81. The maximum atomic E-state index is 12.7. The highest BCUT2D eigenvalue weighted by Gasteiger charge is 2.17. The summed E-state index contributed by atoms with van der Waals surface area (Å²) in [6.45, 7) is 0. The second-order valence-electron chi connectivity index (χ2n) is 4.35. The van der Waals surface area contributed by atoms with Crippen LogP contribution in [0.3, 0.4) is 0 Å². The van der Waals surface area contributed by atoms with Gasteiger partial charge < -0.3 is 4.98 Å². The first-order valence-corrected chi connectivity index (χ1v) is 7.79. The van der Waals surface area contributed by atoms with Crippen LogP contribution in [-0.4, -0.2) is 10.8 Å². The van der Waals surface area contributed by atoms with E-state index in [-0.39, 0.29) is 5.78 Å². The van der Waals surface area contributed by atoms with Crippen molar-refractivity contribution in [2.75, 3.05) is 0 Å². The third kappa shape index (κ3) is 2.43. The molecule has 3 aromatic rings. The van der Waals surface area contributed by atoms with Crippen molar-refractivity contribution >= 4 is 60.1 Å². The lowest BCUT2D eigenvalue weighted by atomic mass is 10.0. The Bertz CT molecular complexity index is 826. The van der Waals surface area contributed by atoms with Crippen molar-refractivity contribution in [3.63, 3.8) is 0 Å². The van der Waals surface area contributed by atoms with Gasteiger partial charge in [0.2, 0.25) is 0 Å². The Hall–Kier alpha value is -1.10. The van der Waals surface area contributed by atoms with Crippen LogP contribution in [0.5, 0.6) is 0 Å². The number of aromatic nitrogens is 1. The van der Waals surface area contributed by atoms with Crippen molar-refractivity contribution in [1.82, 2.24) is 4.98 Å². The van der Waals surface area contributed by atoms with Crippen LogP contribution in [0.1, 0.15) is 15.9 Å². The number of ketones is 1. The lowest BCUT2D eigenvalue weighted by Crippen LogP contribution is -2.01. The molecule has 0 bridgehead atoms. The summed E-state index contributed by atoms with van der Waals surface area (Å²) in [7, 11) is 0. The van der Waals surface area contributed by atoms with Gasteiger partial charge in [0.1, 0.15) is 0 Å². The number of halogens is 3. The molecule has 0 saturated heterocycles. The molecule has 2 aromatic carbocycles. The molecule has 20 heavy (non-hydrogen) atoms. The number of hydrogen-bond donors (Lipinski definition) is 1. The van der Waals surface area contributed by atoms with Gasteiger partial charge in [0.25, 0.3) is 0 Å². The van der Waals surface area contributed by atoms with Crippen molar-refractivity contribution in [3.8, 4) is 0 Å². The standard InChI is InChI=1S/C15H8Br2ClNO/c16-8-1-3-10(13(17)5-8)15(20)12-7-19-14-4-2-9(18)6-11(12)14/h1-7,19H. The molecule has 0 amide bonds. The second-order valence-corrected chi connectivity index (χ2v) is 6.55. The predicted octanol–water partition coefficient (Wildman–Crippen LogP) is 5.58. The largest absolute Gasteiger partial charge is 0.360 e. The van der Waals surface area contributed by atoms with Gasteiger partial charge in [-0.25, -0.2) is 0 Å². The topological polar surface area (TPSA) is 32.9 Å². The Morgan fingerprint density at radius 2 is 1.85 bits per heavy atom. The average molecular weight is 413 g/mol. The van der Waals surface area contributed by atoms with Crippen molar-refractivity contribution in [2.24, 2.45) is 0 Å². The monoisotopic (exact) mass is 411 g/mol. The van der Waals surface area contributed by atoms with Crippen LogP contribution in [0.25, 0.3) is 10.9 Å². The minimum Gasteiger partial charge on any atom is -0.360 e. The molecular formula is C15H8Br2ClNO. The summed E-state index contributed by atoms with van der Waals surface area (Å²) < 4.78 is 1.68. The van der Waals surface area contributed by atoms with Gasteiger partial charge in [-0.3, -0.25) is 4.79 Å². The lowest BCUT2D eigenvalue weighted by molar-refractivity contribution is 0.103. The van der Waals surface area contributed by atoms with Crippen molar-refractivity contribution in [3.05, 3.63) is 67.7 Å². The van der Waals surface area contributed by atoms with E-state index in [0.717, 1.165) is 19.8 Å². The van der Waals surface area contributed by atoms with Crippen molar-refractivity contribution in [1.29, 1.82) is 0 Å². The summed E-state index contributed by atoms with van der Waals surface area (Å²) in [5, 5.41) is 1.44. The zero-order valence-corrected chi connectivity index (χ0v) is 14.0. The highest BCUT2D eigenvalue weighted by Crippen LogP contribution is 2.28. The van der Waals surface area contributed by atoms with Crippen LogP contribution in [-0.2, 0) is 0 Å². The van der Waals surface area contributed by atoms with E-state index in [2.05, 4.69) is 36.8 Å². The molecule has 0 aliphatic carbocycles.